The van der Waals surface area contributed by atoms with Crippen LogP contribution in [0.2, 0.25) is 0 Å². The molecule has 0 radical (unpaired) electrons. The number of carboxylic acid groups (broad SMARTS) is 1. The van der Waals surface area contributed by atoms with Crippen LogP contribution in [0.1, 0.15) is 24.8 Å². The maximum Gasteiger partial charge on any atom is 0.326 e. The molecular weight excluding hydrogens is 392 g/mol. The van der Waals surface area contributed by atoms with E-state index in [-0.39, 0.29) is 18.5 Å². The Kier molecular flexibility index (Phi) is 6.42. The first kappa shape index (κ1) is 21.2. The molecule has 7 nitrogen and oxygen atoms in total. The molecule has 4 rings (SSSR count). The van der Waals surface area contributed by atoms with E-state index in [1.54, 1.807) is 0 Å². The van der Waals surface area contributed by atoms with Crippen LogP contribution in [0, 0.1) is 0 Å². The van der Waals surface area contributed by atoms with Gasteiger partial charge < -0.3 is 20.6 Å². The van der Waals surface area contributed by atoms with Crippen molar-refractivity contribution in [2.45, 2.75) is 37.9 Å². The summed E-state index contributed by atoms with van der Waals surface area (Å²) in [6, 6.07) is 17.7. The lowest BCUT2D eigenvalue weighted by molar-refractivity contribution is -0.139. The van der Waals surface area contributed by atoms with E-state index >= 15 is 0 Å². The minimum absolute atomic E-state index is 0.187. The number of piperazine rings is 1. The second-order valence-electron chi connectivity index (χ2n) is 8.27. The van der Waals surface area contributed by atoms with Gasteiger partial charge in [0.1, 0.15) is 6.04 Å². The van der Waals surface area contributed by atoms with Gasteiger partial charge in [-0.05, 0) is 43.0 Å². The number of fused-ring (bicyclic) bond motifs is 1. The van der Waals surface area contributed by atoms with E-state index in [4.69, 9.17) is 5.73 Å². The van der Waals surface area contributed by atoms with E-state index < -0.39 is 12.0 Å². The van der Waals surface area contributed by atoms with Crippen LogP contribution in [0.25, 0.3) is 0 Å². The number of rotatable bonds is 7. The monoisotopic (exact) mass is 422 g/mol. The summed E-state index contributed by atoms with van der Waals surface area (Å²) in [7, 11) is 0. The van der Waals surface area contributed by atoms with E-state index in [0.717, 1.165) is 43.9 Å². The van der Waals surface area contributed by atoms with E-state index in [1.165, 1.54) is 5.69 Å². The molecule has 31 heavy (non-hydrogen) atoms. The lowest BCUT2D eigenvalue weighted by atomic mass is 9.94. The van der Waals surface area contributed by atoms with Crippen LogP contribution >= 0.6 is 0 Å². The molecule has 0 saturated carbocycles. The standard InChI is InChI=1S/C24H30N4O3/c25-22(29)12-13-23(27-16-14-26(15-17-27)19-7-2-1-3-8-19)28-20-9-5-4-6-18(20)10-11-21(28)24(30)31/h1-9,21,23H,10-17H2,(H2,25,29)(H,30,31). The Balaban J connectivity index is 1.60. The summed E-state index contributed by atoms with van der Waals surface area (Å²) >= 11 is 0. The summed E-state index contributed by atoms with van der Waals surface area (Å²) in [4.78, 5) is 30.5. The van der Waals surface area contributed by atoms with Crippen LogP contribution < -0.4 is 15.5 Å². The Bertz CT molecular complexity index is 912. The van der Waals surface area contributed by atoms with Gasteiger partial charge >= 0.3 is 5.97 Å². The fourth-order valence-corrected chi connectivity index (χ4v) is 4.87. The number of benzene rings is 2. The number of primary amides is 1. The molecular formula is C24H30N4O3. The Morgan fingerprint density at radius 2 is 1.68 bits per heavy atom. The smallest absolute Gasteiger partial charge is 0.326 e. The number of anilines is 2. The number of carbonyl (C=O) groups excluding carboxylic acids is 1. The minimum atomic E-state index is -0.818. The molecule has 1 amide bonds. The van der Waals surface area contributed by atoms with Crippen molar-refractivity contribution in [3.8, 4) is 0 Å². The van der Waals surface area contributed by atoms with Crippen molar-refractivity contribution in [2.75, 3.05) is 36.0 Å². The van der Waals surface area contributed by atoms with Crippen LogP contribution in [0.15, 0.2) is 54.6 Å². The first-order valence-electron chi connectivity index (χ1n) is 11.0. The second kappa shape index (κ2) is 9.39. The third kappa shape index (κ3) is 4.66. The molecule has 2 aromatic carbocycles. The fourth-order valence-electron chi connectivity index (χ4n) is 4.87. The van der Waals surface area contributed by atoms with E-state index in [1.807, 2.05) is 41.3 Å². The van der Waals surface area contributed by atoms with Crippen molar-refractivity contribution in [3.63, 3.8) is 0 Å². The minimum Gasteiger partial charge on any atom is -0.480 e. The molecule has 2 aliphatic rings. The maximum absolute atomic E-state index is 12.2. The Labute approximate surface area is 183 Å². The predicted molar refractivity (Wildman–Crippen MR) is 121 cm³/mol. The lowest BCUT2D eigenvalue weighted by Crippen LogP contribution is -2.61. The number of nitrogens with two attached hydrogens (primary N) is 1. The van der Waals surface area contributed by atoms with E-state index in [2.05, 4.69) is 28.0 Å². The van der Waals surface area contributed by atoms with E-state index in [0.29, 0.717) is 12.8 Å². The number of carbonyl (C=O) groups is 2. The van der Waals surface area contributed by atoms with E-state index in [9.17, 15) is 14.7 Å². The third-order valence-corrected chi connectivity index (χ3v) is 6.40. The fraction of sp³-hybridized carbons (Fsp3) is 0.417. The molecule has 0 aliphatic carbocycles. The Hall–Kier alpha value is -3.06. The quantitative estimate of drug-likeness (QED) is 0.712. The molecule has 7 heteroatoms. The van der Waals surface area contributed by atoms with Gasteiger partial charge in [-0.3, -0.25) is 9.69 Å². The van der Waals surface area contributed by atoms with Crippen molar-refractivity contribution in [2.24, 2.45) is 5.73 Å². The molecule has 1 fully saturated rings. The van der Waals surface area contributed by atoms with Crippen molar-refractivity contribution >= 4 is 23.3 Å². The number of amides is 1. The highest BCUT2D eigenvalue weighted by molar-refractivity contribution is 5.80. The Morgan fingerprint density at radius 3 is 2.35 bits per heavy atom. The van der Waals surface area contributed by atoms with Crippen LogP contribution in [-0.2, 0) is 16.0 Å². The molecule has 0 spiro atoms. The van der Waals surface area contributed by atoms with Gasteiger partial charge in [-0.25, -0.2) is 4.79 Å². The van der Waals surface area contributed by atoms with Crippen molar-refractivity contribution in [3.05, 3.63) is 60.2 Å². The topological polar surface area (TPSA) is 90.1 Å². The summed E-state index contributed by atoms with van der Waals surface area (Å²) in [5.41, 5.74) is 8.80. The first-order valence-corrected chi connectivity index (χ1v) is 11.0. The Morgan fingerprint density at radius 1 is 1.00 bits per heavy atom. The molecule has 0 bridgehead atoms. The lowest BCUT2D eigenvalue weighted by Gasteiger charge is -2.49. The van der Waals surface area contributed by atoms with Gasteiger partial charge in [0.2, 0.25) is 5.91 Å². The highest BCUT2D eigenvalue weighted by Gasteiger charge is 2.39. The van der Waals surface area contributed by atoms with Crippen LogP contribution in [0.3, 0.4) is 0 Å². The number of para-hydroxylation sites is 2. The summed E-state index contributed by atoms with van der Waals surface area (Å²) in [5.74, 6) is -1.17. The maximum atomic E-state index is 12.2. The second-order valence-corrected chi connectivity index (χ2v) is 8.27. The largest absolute Gasteiger partial charge is 0.480 e. The number of hydrogen-bond donors (Lipinski definition) is 2. The number of nitrogens with zero attached hydrogens (tertiary/aromatic N) is 3. The molecule has 2 unspecified atom stereocenters. The summed E-state index contributed by atoms with van der Waals surface area (Å²) in [6.07, 6.45) is 1.86. The van der Waals surface area contributed by atoms with Crippen LogP contribution in [0.4, 0.5) is 11.4 Å². The van der Waals surface area contributed by atoms with Crippen molar-refractivity contribution in [1.29, 1.82) is 0 Å². The van der Waals surface area contributed by atoms with Crippen molar-refractivity contribution < 1.29 is 14.7 Å². The molecule has 2 heterocycles. The number of hydrogen-bond acceptors (Lipinski definition) is 5. The first-order chi connectivity index (χ1) is 15.0. The number of carboxylic acids is 1. The van der Waals surface area contributed by atoms with Gasteiger partial charge in [-0.1, -0.05) is 36.4 Å². The van der Waals surface area contributed by atoms with Gasteiger partial charge in [-0.2, -0.15) is 0 Å². The molecule has 0 aromatic heterocycles. The van der Waals surface area contributed by atoms with Gasteiger partial charge in [0.25, 0.3) is 0 Å². The highest BCUT2D eigenvalue weighted by Crippen LogP contribution is 2.35. The zero-order chi connectivity index (χ0) is 21.8. The SMILES string of the molecule is NC(=O)CCC(N1CCN(c2ccccc2)CC1)N1c2ccccc2CCC1C(=O)O. The molecule has 2 aromatic rings. The predicted octanol–water partition coefficient (Wildman–Crippen LogP) is 2.31. The number of aliphatic carboxylic acids is 1. The van der Waals surface area contributed by atoms with Crippen molar-refractivity contribution in [1.82, 2.24) is 4.90 Å². The zero-order valence-corrected chi connectivity index (χ0v) is 17.7. The number of aryl methyl sites for hydroxylation is 1. The zero-order valence-electron chi connectivity index (χ0n) is 17.7. The summed E-state index contributed by atoms with van der Waals surface area (Å²) in [5, 5.41) is 9.99. The van der Waals surface area contributed by atoms with Crippen LogP contribution in [0.5, 0.6) is 0 Å². The van der Waals surface area contributed by atoms with Gasteiger partial charge in [0.05, 0.1) is 6.17 Å². The summed E-state index contributed by atoms with van der Waals surface area (Å²) in [6.45, 7) is 3.29. The highest BCUT2D eigenvalue weighted by atomic mass is 16.4. The average Bonchev–Trinajstić information content (AvgIpc) is 2.80. The van der Waals surface area contributed by atoms with Crippen LogP contribution in [-0.4, -0.2) is 60.3 Å². The van der Waals surface area contributed by atoms with Gasteiger partial charge in [0.15, 0.2) is 0 Å². The average molecular weight is 423 g/mol. The van der Waals surface area contributed by atoms with Gasteiger partial charge in [0, 0.05) is 44.0 Å². The molecule has 2 aliphatic heterocycles. The molecule has 164 valence electrons. The van der Waals surface area contributed by atoms with Gasteiger partial charge in [-0.15, -0.1) is 0 Å². The molecule has 2 atom stereocenters. The molecule has 3 N–H and O–H groups in total. The third-order valence-electron chi connectivity index (χ3n) is 6.40. The summed E-state index contributed by atoms with van der Waals surface area (Å²) < 4.78 is 0. The molecule has 1 saturated heterocycles. The normalized spacial score (nSPS) is 20.2.